The molecular formula is C15H19N3O2. The number of rotatable bonds is 4. The highest BCUT2D eigenvalue weighted by Gasteiger charge is 2.11. The SMILES string of the molecule is Cc1ccc(N)cc1NC(=O)CCc1c(C)noc1C. The lowest BCUT2D eigenvalue weighted by molar-refractivity contribution is -0.116. The predicted octanol–water partition coefficient (Wildman–Crippen LogP) is 2.75. The number of benzene rings is 1. The second-order valence-corrected chi connectivity index (χ2v) is 4.93. The van der Waals surface area contributed by atoms with Crippen molar-refractivity contribution in [3.63, 3.8) is 0 Å². The molecule has 1 aromatic carbocycles. The summed E-state index contributed by atoms with van der Waals surface area (Å²) >= 11 is 0. The van der Waals surface area contributed by atoms with Gasteiger partial charge in [0.15, 0.2) is 0 Å². The second kappa shape index (κ2) is 5.77. The third-order valence-corrected chi connectivity index (χ3v) is 3.32. The number of nitrogens with one attached hydrogen (secondary N) is 1. The Bertz CT molecular complexity index is 613. The van der Waals surface area contributed by atoms with Gasteiger partial charge in [0.1, 0.15) is 5.76 Å². The van der Waals surface area contributed by atoms with E-state index in [1.807, 2.05) is 32.9 Å². The highest BCUT2D eigenvalue weighted by molar-refractivity contribution is 5.92. The predicted molar refractivity (Wildman–Crippen MR) is 78.5 cm³/mol. The molecule has 0 bridgehead atoms. The number of aromatic nitrogens is 1. The van der Waals surface area contributed by atoms with Crippen molar-refractivity contribution in [1.29, 1.82) is 0 Å². The maximum atomic E-state index is 12.0. The molecule has 0 spiro atoms. The molecule has 0 aliphatic rings. The molecule has 0 unspecified atom stereocenters. The summed E-state index contributed by atoms with van der Waals surface area (Å²) in [4.78, 5) is 12.0. The molecule has 106 valence electrons. The zero-order chi connectivity index (χ0) is 14.7. The molecule has 20 heavy (non-hydrogen) atoms. The normalized spacial score (nSPS) is 10.6. The zero-order valence-corrected chi connectivity index (χ0v) is 12.0. The van der Waals surface area contributed by atoms with E-state index in [2.05, 4.69) is 10.5 Å². The fourth-order valence-corrected chi connectivity index (χ4v) is 2.08. The molecule has 2 rings (SSSR count). The van der Waals surface area contributed by atoms with Crippen LogP contribution in [0.3, 0.4) is 0 Å². The Labute approximate surface area is 118 Å². The summed E-state index contributed by atoms with van der Waals surface area (Å²) in [5, 5.41) is 6.76. The van der Waals surface area contributed by atoms with E-state index in [0.717, 1.165) is 28.3 Å². The average Bonchev–Trinajstić information content (AvgIpc) is 2.71. The highest BCUT2D eigenvalue weighted by Crippen LogP contribution is 2.19. The Balaban J connectivity index is 1.98. The summed E-state index contributed by atoms with van der Waals surface area (Å²) in [6.45, 7) is 5.67. The van der Waals surface area contributed by atoms with Crippen molar-refractivity contribution in [2.75, 3.05) is 11.1 Å². The number of hydrogen-bond acceptors (Lipinski definition) is 4. The molecule has 0 fully saturated rings. The number of nitrogens with two attached hydrogens (primary N) is 1. The average molecular weight is 273 g/mol. The molecule has 3 N–H and O–H groups in total. The Morgan fingerprint density at radius 3 is 2.75 bits per heavy atom. The maximum Gasteiger partial charge on any atom is 0.224 e. The summed E-state index contributed by atoms with van der Waals surface area (Å²) in [6.07, 6.45) is 1.01. The van der Waals surface area contributed by atoms with Gasteiger partial charge < -0.3 is 15.6 Å². The lowest BCUT2D eigenvalue weighted by Gasteiger charge is -2.09. The highest BCUT2D eigenvalue weighted by atomic mass is 16.5. The van der Waals surface area contributed by atoms with Crippen molar-refractivity contribution in [3.05, 3.63) is 40.8 Å². The Kier molecular flexibility index (Phi) is 4.08. The van der Waals surface area contributed by atoms with Gasteiger partial charge in [-0.1, -0.05) is 11.2 Å². The fraction of sp³-hybridized carbons (Fsp3) is 0.333. The molecule has 0 saturated heterocycles. The van der Waals surface area contributed by atoms with E-state index < -0.39 is 0 Å². The number of aryl methyl sites for hydroxylation is 3. The smallest absolute Gasteiger partial charge is 0.224 e. The first-order valence-electron chi connectivity index (χ1n) is 6.55. The van der Waals surface area contributed by atoms with Gasteiger partial charge in [-0.15, -0.1) is 0 Å². The minimum absolute atomic E-state index is 0.0429. The summed E-state index contributed by atoms with van der Waals surface area (Å²) in [6, 6.07) is 5.47. The van der Waals surface area contributed by atoms with Crippen LogP contribution in [-0.4, -0.2) is 11.1 Å². The largest absolute Gasteiger partial charge is 0.399 e. The molecule has 2 aromatic rings. The number of nitrogens with zero attached hydrogens (tertiary/aromatic N) is 1. The lowest BCUT2D eigenvalue weighted by atomic mass is 10.1. The van der Waals surface area contributed by atoms with Gasteiger partial charge >= 0.3 is 0 Å². The molecule has 1 amide bonds. The molecule has 0 atom stereocenters. The first kappa shape index (κ1) is 14.1. The fourth-order valence-electron chi connectivity index (χ4n) is 2.08. The van der Waals surface area contributed by atoms with E-state index in [0.29, 0.717) is 18.5 Å². The van der Waals surface area contributed by atoms with Crippen molar-refractivity contribution in [2.45, 2.75) is 33.6 Å². The standard InChI is InChI=1S/C15H19N3O2/c1-9-4-5-12(16)8-14(9)17-15(19)7-6-13-10(2)18-20-11(13)3/h4-5,8H,6-7,16H2,1-3H3,(H,17,19). The van der Waals surface area contributed by atoms with Gasteiger partial charge in [-0.05, 0) is 44.9 Å². The van der Waals surface area contributed by atoms with Crippen LogP contribution in [0.2, 0.25) is 0 Å². The van der Waals surface area contributed by atoms with Crippen molar-refractivity contribution in [3.8, 4) is 0 Å². The Morgan fingerprint density at radius 1 is 1.35 bits per heavy atom. The molecule has 1 heterocycles. The van der Waals surface area contributed by atoms with Crippen LogP contribution in [0.25, 0.3) is 0 Å². The van der Waals surface area contributed by atoms with Crippen molar-refractivity contribution in [1.82, 2.24) is 5.16 Å². The number of anilines is 2. The Morgan fingerprint density at radius 2 is 2.10 bits per heavy atom. The van der Waals surface area contributed by atoms with E-state index in [1.54, 1.807) is 6.07 Å². The van der Waals surface area contributed by atoms with Crippen LogP contribution in [0.5, 0.6) is 0 Å². The zero-order valence-electron chi connectivity index (χ0n) is 12.0. The summed E-state index contributed by atoms with van der Waals surface area (Å²) in [5.41, 5.74) is 9.95. The van der Waals surface area contributed by atoms with Gasteiger partial charge in [0.25, 0.3) is 0 Å². The van der Waals surface area contributed by atoms with Crippen LogP contribution < -0.4 is 11.1 Å². The van der Waals surface area contributed by atoms with Crippen LogP contribution in [0.15, 0.2) is 22.7 Å². The monoisotopic (exact) mass is 273 g/mol. The van der Waals surface area contributed by atoms with Crippen LogP contribution >= 0.6 is 0 Å². The number of hydrogen-bond donors (Lipinski definition) is 2. The van der Waals surface area contributed by atoms with Crippen LogP contribution in [0, 0.1) is 20.8 Å². The first-order chi connectivity index (χ1) is 9.47. The summed E-state index contributed by atoms with van der Waals surface area (Å²) in [7, 11) is 0. The van der Waals surface area contributed by atoms with E-state index in [-0.39, 0.29) is 5.91 Å². The van der Waals surface area contributed by atoms with Gasteiger partial charge in [-0.25, -0.2) is 0 Å². The second-order valence-electron chi connectivity index (χ2n) is 4.93. The molecular weight excluding hydrogens is 254 g/mol. The quantitative estimate of drug-likeness (QED) is 0.839. The molecule has 0 aliphatic carbocycles. The summed E-state index contributed by atoms with van der Waals surface area (Å²) in [5.74, 6) is 0.731. The van der Waals surface area contributed by atoms with Crippen molar-refractivity contribution >= 4 is 17.3 Å². The topological polar surface area (TPSA) is 81.1 Å². The van der Waals surface area contributed by atoms with Gasteiger partial charge in [-0.2, -0.15) is 0 Å². The van der Waals surface area contributed by atoms with Gasteiger partial charge in [0.05, 0.1) is 5.69 Å². The minimum atomic E-state index is -0.0429. The van der Waals surface area contributed by atoms with E-state index >= 15 is 0 Å². The molecule has 5 heteroatoms. The number of nitrogen functional groups attached to an aromatic ring is 1. The molecule has 0 radical (unpaired) electrons. The summed E-state index contributed by atoms with van der Waals surface area (Å²) < 4.78 is 5.08. The number of carbonyl (C=O) groups is 1. The minimum Gasteiger partial charge on any atom is -0.399 e. The molecule has 5 nitrogen and oxygen atoms in total. The van der Waals surface area contributed by atoms with E-state index in [1.165, 1.54) is 0 Å². The number of amides is 1. The first-order valence-corrected chi connectivity index (χ1v) is 6.55. The Hall–Kier alpha value is -2.30. The van der Waals surface area contributed by atoms with Gasteiger partial charge in [0, 0.05) is 23.4 Å². The van der Waals surface area contributed by atoms with Crippen molar-refractivity contribution < 1.29 is 9.32 Å². The maximum absolute atomic E-state index is 12.0. The van der Waals surface area contributed by atoms with Crippen molar-refractivity contribution in [2.24, 2.45) is 0 Å². The molecule has 0 saturated carbocycles. The van der Waals surface area contributed by atoms with Gasteiger partial charge in [0.2, 0.25) is 5.91 Å². The van der Waals surface area contributed by atoms with Crippen LogP contribution in [-0.2, 0) is 11.2 Å². The van der Waals surface area contributed by atoms with Gasteiger partial charge in [-0.3, -0.25) is 4.79 Å². The van der Waals surface area contributed by atoms with E-state index in [4.69, 9.17) is 10.3 Å². The van der Waals surface area contributed by atoms with Crippen LogP contribution in [0.1, 0.15) is 29.0 Å². The molecule has 1 aromatic heterocycles. The third kappa shape index (κ3) is 3.17. The number of carbonyl (C=O) groups excluding carboxylic acids is 1. The lowest BCUT2D eigenvalue weighted by Crippen LogP contribution is -2.13. The third-order valence-electron chi connectivity index (χ3n) is 3.32. The molecule has 0 aliphatic heterocycles. The van der Waals surface area contributed by atoms with Crippen LogP contribution in [0.4, 0.5) is 11.4 Å². The van der Waals surface area contributed by atoms with E-state index in [9.17, 15) is 4.79 Å².